The molecular weight excluding hydrogens is 272 g/mol. The van der Waals surface area contributed by atoms with Crippen LogP contribution < -0.4 is 0 Å². The summed E-state index contributed by atoms with van der Waals surface area (Å²) < 4.78 is 15.5. The molecule has 0 saturated heterocycles. The predicted molar refractivity (Wildman–Crippen MR) is 82.7 cm³/mol. The molecule has 0 aromatic carbocycles. The van der Waals surface area contributed by atoms with Crippen LogP contribution in [0.1, 0.15) is 58.3 Å². The van der Waals surface area contributed by atoms with Crippen LogP contribution in [0.25, 0.3) is 0 Å². The van der Waals surface area contributed by atoms with Crippen LogP contribution in [0.5, 0.6) is 0 Å². The van der Waals surface area contributed by atoms with Crippen molar-refractivity contribution < 1.29 is 24.1 Å². The number of carboxylic acids is 1. The first-order chi connectivity index (χ1) is 10.2. The van der Waals surface area contributed by atoms with Crippen molar-refractivity contribution in [1.82, 2.24) is 0 Å². The van der Waals surface area contributed by atoms with E-state index in [1.54, 1.807) is 7.11 Å². The number of aliphatic carboxylic acids is 1. The number of carboxylic acid groups (broad SMARTS) is 1. The third-order valence-electron chi connectivity index (χ3n) is 3.32. The molecule has 0 saturated carbocycles. The first-order valence-corrected chi connectivity index (χ1v) is 8.13. The number of rotatable bonds is 16. The summed E-state index contributed by atoms with van der Waals surface area (Å²) in [5.74, 6) is -0.877. The van der Waals surface area contributed by atoms with Gasteiger partial charge in [-0.05, 0) is 6.42 Å². The Morgan fingerprint density at radius 1 is 0.952 bits per heavy atom. The van der Waals surface area contributed by atoms with Gasteiger partial charge in [0.25, 0.3) is 0 Å². The minimum Gasteiger partial charge on any atom is -0.479 e. The molecule has 126 valence electrons. The van der Waals surface area contributed by atoms with Crippen molar-refractivity contribution >= 4 is 5.97 Å². The summed E-state index contributed by atoms with van der Waals surface area (Å²) in [5, 5.41) is 9.10. The highest BCUT2D eigenvalue weighted by Crippen LogP contribution is 2.11. The van der Waals surface area contributed by atoms with Crippen LogP contribution in [-0.4, -0.2) is 50.7 Å². The molecule has 0 amide bonds. The zero-order chi connectivity index (χ0) is 15.8. The highest BCUT2D eigenvalue weighted by molar-refractivity contribution is 5.72. The van der Waals surface area contributed by atoms with Crippen LogP contribution in [0.4, 0.5) is 0 Å². The zero-order valence-corrected chi connectivity index (χ0v) is 13.6. The third-order valence-corrected chi connectivity index (χ3v) is 3.32. The van der Waals surface area contributed by atoms with Crippen molar-refractivity contribution in [3.63, 3.8) is 0 Å². The fourth-order valence-corrected chi connectivity index (χ4v) is 2.06. The lowest BCUT2D eigenvalue weighted by atomic mass is 10.1. The van der Waals surface area contributed by atoms with Crippen molar-refractivity contribution in [2.45, 2.75) is 64.4 Å². The molecule has 1 unspecified atom stereocenters. The molecule has 0 fully saturated rings. The average Bonchev–Trinajstić information content (AvgIpc) is 2.47. The fraction of sp³-hybridized carbons (Fsp3) is 0.938. The summed E-state index contributed by atoms with van der Waals surface area (Å²) in [6.45, 7) is 3.98. The molecule has 1 N–H and O–H groups in total. The van der Waals surface area contributed by atoms with Crippen LogP contribution >= 0.6 is 0 Å². The van der Waals surface area contributed by atoms with E-state index in [1.165, 1.54) is 32.1 Å². The second-order valence-electron chi connectivity index (χ2n) is 5.21. The van der Waals surface area contributed by atoms with Crippen molar-refractivity contribution in [1.29, 1.82) is 0 Å². The maximum Gasteiger partial charge on any atom is 0.332 e. The molecule has 21 heavy (non-hydrogen) atoms. The SMILES string of the molecule is CCCCCCCCCC(OCCOCCOC)C(=O)O. The van der Waals surface area contributed by atoms with E-state index in [0.29, 0.717) is 32.8 Å². The van der Waals surface area contributed by atoms with E-state index >= 15 is 0 Å². The molecule has 0 aromatic heterocycles. The Morgan fingerprint density at radius 2 is 1.57 bits per heavy atom. The molecule has 0 aliphatic carbocycles. The van der Waals surface area contributed by atoms with Crippen LogP contribution in [0.2, 0.25) is 0 Å². The Kier molecular flexibility index (Phi) is 15.2. The van der Waals surface area contributed by atoms with Gasteiger partial charge in [-0.3, -0.25) is 0 Å². The molecular formula is C16H32O5. The lowest BCUT2D eigenvalue weighted by Crippen LogP contribution is -2.25. The summed E-state index contributed by atoms with van der Waals surface area (Å²) >= 11 is 0. The van der Waals surface area contributed by atoms with Crippen molar-refractivity contribution in [2.24, 2.45) is 0 Å². The summed E-state index contributed by atoms with van der Waals surface area (Å²) in [6.07, 6.45) is 8.15. The Balaban J connectivity index is 3.52. The van der Waals surface area contributed by atoms with E-state index < -0.39 is 12.1 Å². The van der Waals surface area contributed by atoms with Gasteiger partial charge in [-0.2, -0.15) is 0 Å². The number of hydrogen-bond acceptors (Lipinski definition) is 4. The lowest BCUT2D eigenvalue weighted by Gasteiger charge is -2.13. The van der Waals surface area contributed by atoms with E-state index in [4.69, 9.17) is 19.3 Å². The van der Waals surface area contributed by atoms with Crippen LogP contribution in [-0.2, 0) is 19.0 Å². The lowest BCUT2D eigenvalue weighted by molar-refractivity contribution is -0.152. The molecule has 0 radical (unpaired) electrons. The number of methoxy groups -OCH3 is 1. The highest BCUT2D eigenvalue weighted by atomic mass is 16.6. The molecule has 0 heterocycles. The van der Waals surface area contributed by atoms with Gasteiger partial charge in [0.15, 0.2) is 6.10 Å². The van der Waals surface area contributed by atoms with Gasteiger partial charge in [0, 0.05) is 7.11 Å². The smallest absolute Gasteiger partial charge is 0.332 e. The summed E-state index contributed by atoms with van der Waals surface area (Å²) in [6, 6.07) is 0. The minimum atomic E-state index is -0.877. The largest absolute Gasteiger partial charge is 0.479 e. The molecule has 5 nitrogen and oxygen atoms in total. The van der Waals surface area contributed by atoms with Crippen molar-refractivity contribution in [3.05, 3.63) is 0 Å². The number of unbranched alkanes of at least 4 members (excludes halogenated alkanes) is 6. The Morgan fingerprint density at radius 3 is 2.19 bits per heavy atom. The van der Waals surface area contributed by atoms with Crippen LogP contribution in [0.3, 0.4) is 0 Å². The quantitative estimate of drug-likeness (QED) is 0.443. The number of ether oxygens (including phenoxy) is 3. The van der Waals surface area contributed by atoms with E-state index in [1.807, 2.05) is 0 Å². The van der Waals surface area contributed by atoms with Crippen LogP contribution in [0, 0.1) is 0 Å². The molecule has 0 aliphatic heterocycles. The zero-order valence-electron chi connectivity index (χ0n) is 13.6. The Labute approximate surface area is 129 Å². The van der Waals surface area contributed by atoms with E-state index in [0.717, 1.165) is 12.8 Å². The van der Waals surface area contributed by atoms with Gasteiger partial charge in [0.2, 0.25) is 0 Å². The fourth-order valence-electron chi connectivity index (χ4n) is 2.06. The number of hydrogen-bond donors (Lipinski definition) is 1. The second-order valence-corrected chi connectivity index (χ2v) is 5.21. The van der Waals surface area contributed by atoms with Gasteiger partial charge >= 0.3 is 5.97 Å². The third kappa shape index (κ3) is 14.1. The van der Waals surface area contributed by atoms with Crippen molar-refractivity contribution in [2.75, 3.05) is 33.5 Å². The Hall–Kier alpha value is -0.650. The van der Waals surface area contributed by atoms with E-state index in [2.05, 4.69) is 6.92 Å². The normalized spacial score (nSPS) is 12.5. The molecule has 0 rings (SSSR count). The van der Waals surface area contributed by atoms with Gasteiger partial charge in [-0.1, -0.05) is 51.9 Å². The molecule has 0 aromatic rings. The molecule has 1 atom stereocenters. The summed E-state index contributed by atoms with van der Waals surface area (Å²) in [5.41, 5.74) is 0. The maximum absolute atomic E-state index is 11.1. The van der Waals surface area contributed by atoms with E-state index in [9.17, 15) is 4.79 Å². The van der Waals surface area contributed by atoms with E-state index in [-0.39, 0.29) is 0 Å². The standard InChI is InChI=1S/C16H32O5/c1-3-4-5-6-7-8-9-10-15(16(17)18)21-14-13-20-12-11-19-2/h15H,3-14H2,1-2H3,(H,17,18). The summed E-state index contributed by atoms with van der Waals surface area (Å²) in [4.78, 5) is 11.1. The average molecular weight is 304 g/mol. The second kappa shape index (κ2) is 15.7. The van der Waals surface area contributed by atoms with Crippen molar-refractivity contribution in [3.8, 4) is 0 Å². The maximum atomic E-state index is 11.1. The van der Waals surface area contributed by atoms with Gasteiger partial charge in [0.05, 0.1) is 26.4 Å². The first-order valence-electron chi connectivity index (χ1n) is 8.13. The van der Waals surface area contributed by atoms with Gasteiger partial charge in [-0.15, -0.1) is 0 Å². The van der Waals surface area contributed by atoms with Gasteiger partial charge < -0.3 is 19.3 Å². The summed E-state index contributed by atoms with van der Waals surface area (Å²) in [7, 11) is 1.61. The molecule has 5 heteroatoms. The minimum absolute atomic E-state index is 0.317. The molecule has 0 spiro atoms. The molecule has 0 aliphatic rings. The van der Waals surface area contributed by atoms with Gasteiger partial charge in [0.1, 0.15) is 0 Å². The number of carbonyl (C=O) groups is 1. The Bertz CT molecular complexity index is 233. The molecule has 0 bridgehead atoms. The monoisotopic (exact) mass is 304 g/mol. The van der Waals surface area contributed by atoms with Gasteiger partial charge in [-0.25, -0.2) is 4.79 Å². The van der Waals surface area contributed by atoms with Crippen LogP contribution in [0.15, 0.2) is 0 Å². The first kappa shape index (κ1) is 20.3. The predicted octanol–water partition coefficient (Wildman–Crippen LogP) is 3.26. The topological polar surface area (TPSA) is 65.0 Å². The highest BCUT2D eigenvalue weighted by Gasteiger charge is 2.17.